The first kappa shape index (κ1) is 25.2. The Morgan fingerprint density at radius 2 is 1.53 bits per heavy atom. The Kier molecular flexibility index (Phi) is 7.27. The van der Waals surface area contributed by atoms with E-state index in [0.717, 1.165) is 52.8 Å². The van der Waals surface area contributed by atoms with Crippen molar-refractivity contribution in [3.05, 3.63) is 95.3 Å². The van der Waals surface area contributed by atoms with Gasteiger partial charge in [0, 0.05) is 19.2 Å². The highest BCUT2D eigenvalue weighted by Crippen LogP contribution is 2.31. The molecule has 0 aliphatic heterocycles. The van der Waals surface area contributed by atoms with Crippen LogP contribution in [0.3, 0.4) is 0 Å². The number of sulfonamides is 1. The second kappa shape index (κ2) is 9.82. The summed E-state index contributed by atoms with van der Waals surface area (Å²) in [5, 5.41) is 9.46. The maximum absolute atomic E-state index is 13.1. The van der Waals surface area contributed by atoms with Gasteiger partial charge >= 0.3 is 12.1 Å². The zero-order chi connectivity index (χ0) is 25.1. The van der Waals surface area contributed by atoms with Crippen LogP contribution in [0.2, 0.25) is 0 Å². The molecule has 0 spiro atoms. The topological polar surface area (TPSA) is 83.9 Å². The molecule has 0 fully saturated rings. The Hall–Kier alpha value is -3.44. The van der Waals surface area contributed by atoms with E-state index in [-0.39, 0.29) is 22.8 Å². The van der Waals surface area contributed by atoms with E-state index in [1.165, 1.54) is 31.3 Å². The van der Waals surface area contributed by atoms with Crippen molar-refractivity contribution in [2.24, 2.45) is 0 Å². The van der Waals surface area contributed by atoms with E-state index < -0.39 is 39.7 Å². The van der Waals surface area contributed by atoms with Crippen molar-refractivity contribution < 1.29 is 40.6 Å². The van der Waals surface area contributed by atoms with Crippen molar-refractivity contribution in [3.63, 3.8) is 0 Å². The molecule has 180 valence electrons. The SMILES string of the molecule is CN(Cc1ccc(OC(C(=O)O)c2ccc(C(F)(F)F)cc2)cc1)S(=O)(=O)c1ccc(F)cc1. The molecule has 3 aromatic rings. The van der Waals surface area contributed by atoms with Gasteiger partial charge in [-0.2, -0.15) is 17.5 Å². The lowest BCUT2D eigenvalue weighted by atomic mass is 10.1. The zero-order valence-corrected chi connectivity index (χ0v) is 18.5. The molecule has 34 heavy (non-hydrogen) atoms. The number of hydrogen-bond acceptors (Lipinski definition) is 4. The van der Waals surface area contributed by atoms with E-state index in [1.54, 1.807) is 0 Å². The summed E-state index contributed by atoms with van der Waals surface area (Å²) in [6, 6.07) is 13.9. The molecule has 11 heteroatoms. The van der Waals surface area contributed by atoms with E-state index in [1.807, 2.05) is 0 Å². The monoisotopic (exact) mass is 497 g/mol. The van der Waals surface area contributed by atoms with Gasteiger partial charge in [-0.25, -0.2) is 17.6 Å². The third kappa shape index (κ3) is 5.91. The summed E-state index contributed by atoms with van der Waals surface area (Å²) in [5.41, 5.74) is -0.332. The highest BCUT2D eigenvalue weighted by atomic mass is 32.2. The molecule has 1 unspecified atom stereocenters. The molecule has 0 radical (unpaired) electrons. The first-order valence-corrected chi connectivity index (χ1v) is 11.2. The van der Waals surface area contributed by atoms with Gasteiger partial charge in [0.2, 0.25) is 16.1 Å². The standard InChI is InChI=1S/C23H19F4NO5S/c1-28(34(31,32)20-12-8-18(24)9-13-20)14-15-2-10-19(11-3-15)33-21(22(29)30)16-4-6-17(7-5-16)23(25,26)27/h2-13,21H,14H2,1H3,(H,29,30). The summed E-state index contributed by atoms with van der Waals surface area (Å²) in [5.74, 6) is -1.83. The van der Waals surface area contributed by atoms with Crippen molar-refractivity contribution in [1.82, 2.24) is 4.31 Å². The van der Waals surface area contributed by atoms with Crippen LogP contribution in [0.5, 0.6) is 5.75 Å². The molecule has 0 aliphatic rings. The number of nitrogens with zero attached hydrogens (tertiary/aromatic N) is 1. The molecule has 0 saturated heterocycles. The van der Waals surface area contributed by atoms with Gasteiger partial charge in [0.25, 0.3) is 0 Å². The summed E-state index contributed by atoms with van der Waals surface area (Å²) in [6.07, 6.45) is -6.10. The fraction of sp³-hybridized carbons (Fsp3) is 0.174. The average Bonchev–Trinajstić information content (AvgIpc) is 2.78. The van der Waals surface area contributed by atoms with Crippen LogP contribution in [-0.4, -0.2) is 30.8 Å². The molecule has 3 aromatic carbocycles. The first-order chi connectivity index (χ1) is 15.9. The molecule has 1 atom stereocenters. The number of ether oxygens (including phenoxy) is 1. The van der Waals surface area contributed by atoms with Crippen molar-refractivity contribution in [2.45, 2.75) is 23.7 Å². The second-order valence-electron chi connectivity index (χ2n) is 7.31. The van der Waals surface area contributed by atoms with Gasteiger partial charge in [-0.15, -0.1) is 0 Å². The smallest absolute Gasteiger partial charge is 0.416 e. The van der Waals surface area contributed by atoms with Gasteiger partial charge in [-0.05, 0) is 54.1 Å². The van der Waals surface area contributed by atoms with Gasteiger partial charge in [-0.1, -0.05) is 24.3 Å². The van der Waals surface area contributed by atoms with Crippen LogP contribution in [0.4, 0.5) is 17.6 Å². The highest BCUT2D eigenvalue weighted by molar-refractivity contribution is 7.89. The number of hydrogen-bond donors (Lipinski definition) is 1. The van der Waals surface area contributed by atoms with Crippen molar-refractivity contribution in [1.29, 1.82) is 0 Å². The Morgan fingerprint density at radius 3 is 2.03 bits per heavy atom. The predicted molar refractivity (Wildman–Crippen MR) is 114 cm³/mol. The van der Waals surface area contributed by atoms with Crippen LogP contribution in [0, 0.1) is 5.82 Å². The van der Waals surface area contributed by atoms with E-state index in [2.05, 4.69) is 0 Å². The molecule has 0 saturated carbocycles. The van der Waals surface area contributed by atoms with Gasteiger partial charge in [-0.3, -0.25) is 0 Å². The lowest BCUT2D eigenvalue weighted by Gasteiger charge is -2.19. The molecule has 0 aliphatic carbocycles. The van der Waals surface area contributed by atoms with E-state index >= 15 is 0 Å². The number of aliphatic carboxylic acids is 1. The van der Waals surface area contributed by atoms with Crippen LogP contribution in [-0.2, 0) is 27.5 Å². The lowest BCUT2D eigenvalue weighted by molar-refractivity contribution is -0.145. The third-order valence-corrected chi connectivity index (χ3v) is 6.69. The van der Waals surface area contributed by atoms with E-state index in [9.17, 15) is 35.9 Å². The normalized spacial score (nSPS) is 13.0. The Balaban J connectivity index is 1.71. The maximum atomic E-state index is 13.1. The fourth-order valence-corrected chi connectivity index (χ4v) is 4.20. The number of carboxylic acid groups (broad SMARTS) is 1. The number of benzene rings is 3. The molecule has 6 nitrogen and oxygen atoms in total. The lowest BCUT2D eigenvalue weighted by Crippen LogP contribution is -2.26. The van der Waals surface area contributed by atoms with Gasteiger partial charge in [0.05, 0.1) is 10.5 Å². The summed E-state index contributed by atoms with van der Waals surface area (Å²) in [4.78, 5) is 11.5. The minimum atomic E-state index is -4.55. The van der Waals surface area contributed by atoms with Crippen molar-refractivity contribution in [3.8, 4) is 5.75 Å². The van der Waals surface area contributed by atoms with E-state index in [4.69, 9.17) is 4.74 Å². The van der Waals surface area contributed by atoms with Crippen LogP contribution in [0.15, 0.2) is 77.7 Å². The fourth-order valence-electron chi connectivity index (χ4n) is 3.05. The molecular formula is C23H19F4NO5S. The second-order valence-corrected chi connectivity index (χ2v) is 9.36. The van der Waals surface area contributed by atoms with Crippen LogP contribution in [0.1, 0.15) is 22.8 Å². The average molecular weight is 497 g/mol. The number of carboxylic acids is 1. The Morgan fingerprint density at radius 1 is 0.971 bits per heavy atom. The number of alkyl halides is 3. The zero-order valence-electron chi connectivity index (χ0n) is 17.7. The van der Waals surface area contributed by atoms with E-state index in [0.29, 0.717) is 5.56 Å². The van der Waals surface area contributed by atoms with Crippen LogP contribution < -0.4 is 4.74 Å². The van der Waals surface area contributed by atoms with Gasteiger partial charge in [0.1, 0.15) is 11.6 Å². The maximum Gasteiger partial charge on any atom is 0.416 e. The molecule has 1 N–H and O–H groups in total. The molecule has 0 bridgehead atoms. The summed E-state index contributed by atoms with van der Waals surface area (Å²) in [7, 11) is -2.51. The van der Waals surface area contributed by atoms with Crippen LogP contribution in [0.25, 0.3) is 0 Å². The predicted octanol–water partition coefficient (Wildman–Crippen LogP) is 4.87. The van der Waals surface area contributed by atoms with Gasteiger partial charge < -0.3 is 9.84 Å². The number of halogens is 4. The molecular weight excluding hydrogens is 478 g/mol. The van der Waals surface area contributed by atoms with Gasteiger partial charge in [0.15, 0.2) is 0 Å². The molecule has 0 heterocycles. The first-order valence-electron chi connectivity index (χ1n) is 9.75. The van der Waals surface area contributed by atoms with Crippen molar-refractivity contribution >= 4 is 16.0 Å². The quantitative estimate of drug-likeness (QED) is 0.449. The summed E-state index contributed by atoms with van der Waals surface area (Å²) >= 11 is 0. The highest BCUT2D eigenvalue weighted by Gasteiger charge is 2.31. The molecule has 0 amide bonds. The third-order valence-electron chi connectivity index (χ3n) is 4.87. The molecule has 3 rings (SSSR count). The van der Waals surface area contributed by atoms with Crippen LogP contribution >= 0.6 is 0 Å². The Bertz CT molecular complexity index is 1240. The number of rotatable bonds is 8. The summed E-state index contributed by atoms with van der Waals surface area (Å²) < 4.78 is 83.0. The molecule has 0 aromatic heterocycles. The Labute approximate surface area is 193 Å². The van der Waals surface area contributed by atoms with Crippen molar-refractivity contribution in [2.75, 3.05) is 7.05 Å². The number of carbonyl (C=O) groups is 1. The largest absolute Gasteiger partial charge is 0.478 e. The summed E-state index contributed by atoms with van der Waals surface area (Å²) in [6.45, 7) is -0.0265. The minimum absolute atomic E-state index is 0.0229. The minimum Gasteiger partial charge on any atom is -0.478 e.